The molecule has 3 aromatic rings. The quantitative estimate of drug-likeness (QED) is 0.740. The van der Waals surface area contributed by atoms with E-state index in [1.54, 1.807) is 25.9 Å². The first-order valence-electron chi connectivity index (χ1n) is 9.20. The van der Waals surface area contributed by atoms with E-state index in [2.05, 4.69) is 9.97 Å². The summed E-state index contributed by atoms with van der Waals surface area (Å²) in [5.74, 6) is 0.0201. The van der Waals surface area contributed by atoms with Gasteiger partial charge in [-0.1, -0.05) is 12.1 Å². The number of fused-ring (bicyclic) bond motifs is 3. The van der Waals surface area contributed by atoms with Gasteiger partial charge in [0.1, 0.15) is 23.0 Å². The standard InChI is InChI=1S/C20H22N4O4/c1-11-21-17-13-6-4-5-7-15(13)28-18(17)19(22-11)24-10-12(8-14(24)20(26)27)9-16(25)23(2)3/h4-7,12,14H,8-10H2,1-3H3,(H,26,27)/t12-,14+/m1/s1. The molecule has 8 heteroatoms. The maximum Gasteiger partial charge on any atom is 0.326 e. The van der Waals surface area contributed by atoms with Crippen molar-refractivity contribution < 1.29 is 19.1 Å². The minimum Gasteiger partial charge on any atom is -0.480 e. The lowest BCUT2D eigenvalue weighted by Crippen LogP contribution is -2.36. The number of hydrogen-bond donors (Lipinski definition) is 1. The molecule has 0 bridgehead atoms. The van der Waals surface area contributed by atoms with E-state index in [4.69, 9.17) is 4.42 Å². The van der Waals surface area contributed by atoms with Crippen molar-refractivity contribution in [1.29, 1.82) is 0 Å². The third kappa shape index (κ3) is 3.04. The van der Waals surface area contributed by atoms with Crippen LogP contribution in [-0.2, 0) is 9.59 Å². The number of amides is 1. The molecule has 1 amide bonds. The molecule has 1 aliphatic rings. The topological polar surface area (TPSA) is 99.8 Å². The molecule has 1 aromatic carbocycles. The van der Waals surface area contributed by atoms with E-state index in [1.807, 2.05) is 24.3 Å². The van der Waals surface area contributed by atoms with Crippen molar-refractivity contribution in [2.75, 3.05) is 25.5 Å². The van der Waals surface area contributed by atoms with Gasteiger partial charge in [0.2, 0.25) is 5.91 Å². The Bertz CT molecular complexity index is 1070. The van der Waals surface area contributed by atoms with Crippen molar-refractivity contribution in [3.8, 4) is 0 Å². The van der Waals surface area contributed by atoms with Gasteiger partial charge in [-0.2, -0.15) is 0 Å². The van der Waals surface area contributed by atoms with Crippen LogP contribution in [0.4, 0.5) is 5.82 Å². The monoisotopic (exact) mass is 382 g/mol. The van der Waals surface area contributed by atoms with E-state index < -0.39 is 12.0 Å². The number of carboxylic acids is 1. The number of benzene rings is 1. The first kappa shape index (κ1) is 18.2. The Kier molecular flexibility index (Phi) is 4.41. The molecule has 2 atom stereocenters. The summed E-state index contributed by atoms with van der Waals surface area (Å²) in [6.07, 6.45) is 0.695. The summed E-state index contributed by atoms with van der Waals surface area (Å²) < 4.78 is 6.00. The van der Waals surface area contributed by atoms with Gasteiger partial charge in [-0.25, -0.2) is 14.8 Å². The number of aryl methyl sites for hydroxylation is 1. The zero-order valence-electron chi connectivity index (χ0n) is 16.0. The summed E-state index contributed by atoms with van der Waals surface area (Å²) in [4.78, 5) is 36.4. The van der Waals surface area contributed by atoms with E-state index in [1.165, 1.54) is 4.90 Å². The molecule has 2 aromatic heterocycles. The van der Waals surface area contributed by atoms with E-state index in [0.717, 1.165) is 5.39 Å². The molecule has 0 aliphatic carbocycles. The number of aliphatic carboxylic acids is 1. The van der Waals surface area contributed by atoms with E-state index in [9.17, 15) is 14.7 Å². The second-order valence-electron chi connectivity index (χ2n) is 7.47. The zero-order valence-corrected chi connectivity index (χ0v) is 16.0. The minimum absolute atomic E-state index is 0.0104. The minimum atomic E-state index is -0.930. The Morgan fingerprint density at radius 2 is 2.04 bits per heavy atom. The van der Waals surface area contributed by atoms with Gasteiger partial charge in [0, 0.05) is 32.4 Å². The predicted molar refractivity (Wildman–Crippen MR) is 104 cm³/mol. The van der Waals surface area contributed by atoms with Gasteiger partial charge in [-0.05, 0) is 31.4 Å². The van der Waals surface area contributed by atoms with Crippen LogP contribution >= 0.6 is 0 Å². The maximum atomic E-state index is 12.1. The molecular formula is C20H22N4O4. The third-order valence-electron chi connectivity index (χ3n) is 5.22. The Hall–Kier alpha value is -3.16. The van der Waals surface area contributed by atoms with Crippen LogP contribution < -0.4 is 4.90 Å². The lowest BCUT2D eigenvalue weighted by Gasteiger charge is -2.22. The van der Waals surface area contributed by atoms with E-state index >= 15 is 0 Å². The van der Waals surface area contributed by atoms with Gasteiger partial charge in [0.15, 0.2) is 11.4 Å². The van der Waals surface area contributed by atoms with Crippen molar-refractivity contribution in [2.45, 2.75) is 25.8 Å². The number of carbonyl (C=O) groups is 2. The van der Waals surface area contributed by atoms with Crippen molar-refractivity contribution in [3.63, 3.8) is 0 Å². The fraction of sp³-hybridized carbons (Fsp3) is 0.400. The first-order chi connectivity index (χ1) is 13.3. The first-order valence-corrected chi connectivity index (χ1v) is 9.20. The number of hydrogen-bond acceptors (Lipinski definition) is 6. The van der Waals surface area contributed by atoms with Crippen LogP contribution in [0.15, 0.2) is 28.7 Å². The van der Waals surface area contributed by atoms with Crippen LogP contribution in [0.1, 0.15) is 18.7 Å². The molecule has 146 valence electrons. The van der Waals surface area contributed by atoms with Gasteiger partial charge >= 0.3 is 5.97 Å². The number of anilines is 1. The molecular weight excluding hydrogens is 360 g/mol. The molecule has 4 rings (SSSR count). The fourth-order valence-corrected chi connectivity index (χ4v) is 3.85. The Balaban J connectivity index is 1.79. The van der Waals surface area contributed by atoms with Crippen LogP contribution in [0, 0.1) is 12.8 Å². The lowest BCUT2D eigenvalue weighted by molar-refractivity contribution is -0.138. The molecule has 0 unspecified atom stereocenters. The van der Waals surface area contributed by atoms with Gasteiger partial charge in [0.25, 0.3) is 0 Å². The molecule has 1 aliphatic heterocycles. The zero-order chi connectivity index (χ0) is 20.0. The summed E-state index contributed by atoms with van der Waals surface area (Å²) in [5, 5.41) is 10.6. The smallest absolute Gasteiger partial charge is 0.326 e. The summed E-state index contributed by atoms with van der Waals surface area (Å²) in [7, 11) is 3.41. The predicted octanol–water partition coefficient (Wildman–Crippen LogP) is 2.44. The molecule has 0 spiro atoms. The van der Waals surface area contributed by atoms with Crippen LogP contribution in [-0.4, -0.2) is 58.5 Å². The van der Waals surface area contributed by atoms with Gasteiger partial charge in [-0.3, -0.25) is 4.79 Å². The molecule has 1 fully saturated rings. The normalized spacial score (nSPS) is 19.5. The van der Waals surface area contributed by atoms with E-state index in [-0.39, 0.29) is 11.8 Å². The van der Waals surface area contributed by atoms with Gasteiger partial charge < -0.3 is 19.3 Å². The Morgan fingerprint density at radius 3 is 2.75 bits per heavy atom. The SMILES string of the molecule is Cc1nc(N2C[C@@H](CC(=O)N(C)C)C[C@H]2C(=O)O)c2oc3ccccc3c2n1. The summed E-state index contributed by atoms with van der Waals surface area (Å²) in [5.41, 5.74) is 1.84. The van der Waals surface area contributed by atoms with Crippen LogP contribution in [0.25, 0.3) is 22.1 Å². The molecule has 0 radical (unpaired) electrons. The average Bonchev–Trinajstić information content (AvgIpc) is 3.22. The molecule has 1 N–H and O–H groups in total. The number of aromatic nitrogens is 2. The summed E-state index contributed by atoms with van der Waals surface area (Å²) in [6.45, 7) is 2.21. The molecule has 28 heavy (non-hydrogen) atoms. The molecule has 3 heterocycles. The highest BCUT2D eigenvalue weighted by molar-refractivity contribution is 6.06. The molecule has 1 saturated heterocycles. The number of carboxylic acid groups (broad SMARTS) is 1. The van der Waals surface area contributed by atoms with Crippen molar-refractivity contribution in [2.24, 2.45) is 5.92 Å². The number of furan rings is 1. The number of carbonyl (C=O) groups excluding carboxylic acids is 1. The highest BCUT2D eigenvalue weighted by Crippen LogP contribution is 2.37. The van der Waals surface area contributed by atoms with Crippen LogP contribution in [0.3, 0.4) is 0 Å². The second-order valence-corrected chi connectivity index (χ2v) is 7.47. The number of nitrogens with zero attached hydrogens (tertiary/aromatic N) is 4. The van der Waals surface area contributed by atoms with Crippen molar-refractivity contribution in [1.82, 2.24) is 14.9 Å². The van der Waals surface area contributed by atoms with Gasteiger partial charge in [-0.15, -0.1) is 0 Å². The van der Waals surface area contributed by atoms with Crippen LogP contribution in [0.5, 0.6) is 0 Å². The Labute approximate surface area is 161 Å². The summed E-state index contributed by atoms with van der Waals surface area (Å²) >= 11 is 0. The average molecular weight is 382 g/mol. The molecule has 8 nitrogen and oxygen atoms in total. The van der Waals surface area contributed by atoms with Crippen molar-refractivity contribution in [3.05, 3.63) is 30.1 Å². The van der Waals surface area contributed by atoms with Gasteiger partial charge in [0.05, 0.1) is 0 Å². The van der Waals surface area contributed by atoms with Crippen molar-refractivity contribution >= 4 is 39.8 Å². The summed E-state index contributed by atoms with van der Waals surface area (Å²) in [6, 6.07) is 6.81. The number of rotatable bonds is 4. The third-order valence-corrected chi connectivity index (χ3v) is 5.22. The number of para-hydroxylation sites is 1. The Morgan fingerprint density at radius 1 is 1.29 bits per heavy atom. The largest absolute Gasteiger partial charge is 0.480 e. The van der Waals surface area contributed by atoms with E-state index in [0.29, 0.717) is 47.7 Å². The van der Waals surface area contributed by atoms with Crippen LogP contribution in [0.2, 0.25) is 0 Å². The second kappa shape index (κ2) is 6.78. The fourth-order valence-electron chi connectivity index (χ4n) is 3.85. The highest BCUT2D eigenvalue weighted by Gasteiger charge is 2.40. The highest BCUT2D eigenvalue weighted by atomic mass is 16.4. The molecule has 0 saturated carbocycles. The lowest BCUT2D eigenvalue weighted by atomic mass is 10.0. The maximum absolute atomic E-state index is 12.1.